The Bertz CT molecular complexity index is 374. The molecule has 0 saturated heterocycles. The fraction of sp³-hybridized carbons (Fsp3) is 0.600. The molecular formula is C10H15F3N4. The van der Waals surface area contributed by atoms with Crippen LogP contribution in [0.15, 0.2) is 6.20 Å². The molecule has 0 aromatic carbocycles. The standard InChI is InChI=1S/C10H15F3N4/c1-3-6(4-2)16-9-15-5-7(8(14)17-9)10(11,12)13/h5-6H,3-4H2,1-2H3,(H3,14,15,16,17). The minimum absolute atomic E-state index is 0.129. The molecule has 1 rings (SSSR count). The van der Waals surface area contributed by atoms with Crippen LogP contribution in [0.4, 0.5) is 24.9 Å². The lowest BCUT2D eigenvalue weighted by Gasteiger charge is -2.15. The van der Waals surface area contributed by atoms with E-state index in [0.29, 0.717) is 6.20 Å². The molecule has 1 heterocycles. The van der Waals surface area contributed by atoms with Crippen molar-refractivity contribution in [3.05, 3.63) is 11.8 Å². The number of nitrogen functional groups attached to an aromatic ring is 1. The number of alkyl halides is 3. The molecule has 3 N–H and O–H groups in total. The third-order valence-electron chi connectivity index (χ3n) is 2.44. The van der Waals surface area contributed by atoms with Crippen LogP contribution >= 0.6 is 0 Å². The van der Waals surface area contributed by atoms with Crippen molar-refractivity contribution in [1.82, 2.24) is 9.97 Å². The van der Waals surface area contributed by atoms with Crippen molar-refractivity contribution in [1.29, 1.82) is 0 Å². The summed E-state index contributed by atoms with van der Waals surface area (Å²) in [4.78, 5) is 7.23. The smallest absolute Gasteiger partial charge is 0.383 e. The topological polar surface area (TPSA) is 63.8 Å². The van der Waals surface area contributed by atoms with Crippen molar-refractivity contribution in [3.63, 3.8) is 0 Å². The molecule has 0 saturated carbocycles. The van der Waals surface area contributed by atoms with Crippen LogP contribution in [0.2, 0.25) is 0 Å². The van der Waals surface area contributed by atoms with Gasteiger partial charge in [-0.15, -0.1) is 0 Å². The van der Waals surface area contributed by atoms with Gasteiger partial charge in [-0.05, 0) is 12.8 Å². The van der Waals surface area contributed by atoms with Crippen LogP contribution in [0.25, 0.3) is 0 Å². The Balaban J connectivity index is 2.89. The minimum atomic E-state index is -4.52. The first kappa shape index (κ1) is 13.5. The summed E-state index contributed by atoms with van der Waals surface area (Å²) in [7, 11) is 0. The van der Waals surface area contributed by atoms with Gasteiger partial charge >= 0.3 is 6.18 Å². The Morgan fingerprint density at radius 3 is 2.35 bits per heavy atom. The van der Waals surface area contributed by atoms with Crippen LogP contribution < -0.4 is 11.1 Å². The molecule has 0 spiro atoms. The van der Waals surface area contributed by atoms with Gasteiger partial charge in [0.05, 0.1) is 0 Å². The zero-order chi connectivity index (χ0) is 13.1. The minimum Gasteiger partial charge on any atom is -0.383 e. The maximum absolute atomic E-state index is 12.4. The highest BCUT2D eigenvalue weighted by atomic mass is 19.4. The zero-order valence-electron chi connectivity index (χ0n) is 9.67. The van der Waals surface area contributed by atoms with Gasteiger partial charge in [-0.2, -0.15) is 18.2 Å². The zero-order valence-corrected chi connectivity index (χ0v) is 9.67. The van der Waals surface area contributed by atoms with E-state index in [1.54, 1.807) is 0 Å². The molecule has 0 aliphatic carbocycles. The highest BCUT2D eigenvalue weighted by Gasteiger charge is 2.34. The molecule has 0 fully saturated rings. The van der Waals surface area contributed by atoms with E-state index in [2.05, 4.69) is 15.3 Å². The average molecular weight is 248 g/mol. The van der Waals surface area contributed by atoms with Gasteiger partial charge < -0.3 is 11.1 Å². The lowest BCUT2D eigenvalue weighted by molar-refractivity contribution is -0.137. The fourth-order valence-corrected chi connectivity index (χ4v) is 1.36. The molecule has 17 heavy (non-hydrogen) atoms. The second-order valence-electron chi connectivity index (χ2n) is 3.65. The molecular weight excluding hydrogens is 233 g/mol. The number of aromatic nitrogens is 2. The van der Waals surface area contributed by atoms with Gasteiger partial charge in [0.15, 0.2) is 0 Å². The van der Waals surface area contributed by atoms with E-state index in [0.717, 1.165) is 12.8 Å². The lowest BCUT2D eigenvalue weighted by atomic mass is 10.2. The Morgan fingerprint density at radius 2 is 1.94 bits per heavy atom. The lowest BCUT2D eigenvalue weighted by Crippen LogP contribution is -2.20. The van der Waals surface area contributed by atoms with Crippen molar-refractivity contribution in [2.24, 2.45) is 0 Å². The van der Waals surface area contributed by atoms with E-state index in [-0.39, 0.29) is 12.0 Å². The first-order chi connectivity index (χ1) is 7.88. The second-order valence-corrected chi connectivity index (χ2v) is 3.65. The highest BCUT2D eigenvalue weighted by Crippen LogP contribution is 2.32. The largest absolute Gasteiger partial charge is 0.421 e. The first-order valence-corrected chi connectivity index (χ1v) is 5.34. The summed E-state index contributed by atoms with van der Waals surface area (Å²) in [6, 6.07) is 0.131. The van der Waals surface area contributed by atoms with Crippen LogP contribution in [0.1, 0.15) is 32.3 Å². The molecule has 0 radical (unpaired) electrons. The summed E-state index contributed by atoms with van der Waals surface area (Å²) in [6.07, 6.45) is -2.15. The molecule has 0 bridgehead atoms. The SMILES string of the molecule is CCC(CC)Nc1ncc(C(F)(F)F)c(N)n1. The maximum Gasteiger partial charge on any atom is 0.421 e. The van der Waals surface area contributed by atoms with Gasteiger partial charge in [-0.3, -0.25) is 0 Å². The van der Waals surface area contributed by atoms with Gasteiger partial charge in [0, 0.05) is 12.2 Å². The van der Waals surface area contributed by atoms with Crippen LogP contribution in [0.5, 0.6) is 0 Å². The van der Waals surface area contributed by atoms with Gasteiger partial charge in [0.25, 0.3) is 0 Å². The van der Waals surface area contributed by atoms with Crippen LogP contribution in [0, 0.1) is 0 Å². The molecule has 96 valence electrons. The summed E-state index contributed by atoms with van der Waals surface area (Å²) in [5.41, 5.74) is 4.25. The molecule has 4 nitrogen and oxygen atoms in total. The third kappa shape index (κ3) is 3.47. The number of anilines is 2. The molecule has 0 atom stereocenters. The van der Waals surface area contributed by atoms with E-state index in [4.69, 9.17) is 5.73 Å². The molecule has 0 amide bonds. The Kier molecular flexibility index (Phi) is 4.14. The van der Waals surface area contributed by atoms with E-state index in [1.165, 1.54) is 0 Å². The van der Waals surface area contributed by atoms with Gasteiger partial charge in [0.1, 0.15) is 11.4 Å². The van der Waals surface area contributed by atoms with Crippen molar-refractivity contribution < 1.29 is 13.2 Å². The van der Waals surface area contributed by atoms with E-state index >= 15 is 0 Å². The molecule has 1 aromatic heterocycles. The number of hydrogen-bond acceptors (Lipinski definition) is 4. The number of halogens is 3. The maximum atomic E-state index is 12.4. The second kappa shape index (κ2) is 5.20. The number of nitrogens with two attached hydrogens (primary N) is 1. The quantitative estimate of drug-likeness (QED) is 0.859. The summed E-state index contributed by atoms with van der Waals surface area (Å²) < 4.78 is 37.2. The average Bonchev–Trinajstić information content (AvgIpc) is 2.24. The van der Waals surface area contributed by atoms with E-state index in [9.17, 15) is 13.2 Å². The summed E-state index contributed by atoms with van der Waals surface area (Å²) in [6.45, 7) is 3.93. The predicted molar refractivity (Wildman–Crippen MR) is 59.4 cm³/mol. The monoisotopic (exact) mass is 248 g/mol. The number of nitrogens with zero attached hydrogens (tertiary/aromatic N) is 2. The van der Waals surface area contributed by atoms with Crippen LogP contribution in [-0.4, -0.2) is 16.0 Å². The summed E-state index contributed by atoms with van der Waals surface area (Å²) in [5.74, 6) is -0.426. The van der Waals surface area contributed by atoms with Crippen molar-refractivity contribution in [2.45, 2.75) is 38.9 Å². The van der Waals surface area contributed by atoms with E-state index in [1.807, 2.05) is 13.8 Å². The number of nitrogens with one attached hydrogen (secondary N) is 1. The van der Waals surface area contributed by atoms with Crippen molar-refractivity contribution in [3.8, 4) is 0 Å². The van der Waals surface area contributed by atoms with Crippen molar-refractivity contribution in [2.75, 3.05) is 11.1 Å². The fourth-order valence-electron chi connectivity index (χ4n) is 1.36. The van der Waals surface area contributed by atoms with E-state index < -0.39 is 17.6 Å². The molecule has 0 unspecified atom stereocenters. The highest BCUT2D eigenvalue weighted by molar-refractivity contribution is 5.44. The van der Waals surface area contributed by atoms with Crippen LogP contribution in [-0.2, 0) is 6.18 Å². The summed E-state index contributed by atoms with van der Waals surface area (Å²) >= 11 is 0. The summed E-state index contributed by atoms with van der Waals surface area (Å²) in [5, 5.41) is 2.93. The first-order valence-electron chi connectivity index (χ1n) is 5.34. The van der Waals surface area contributed by atoms with Crippen LogP contribution in [0.3, 0.4) is 0 Å². The molecule has 1 aromatic rings. The van der Waals surface area contributed by atoms with Gasteiger partial charge in [0.2, 0.25) is 5.95 Å². The van der Waals surface area contributed by atoms with Gasteiger partial charge in [-0.1, -0.05) is 13.8 Å². The number of rotatable bonds is 4. The van der Waals surface area contributed by atoms with Crippen molar-refractivity contribution >= 4 is 11.8 Å². The Morgan fingerprint density at radius 1 is 1.35 bits per heavy atom. The molecule has 0 aliphatic rings. The molecule has 0 aliphatic heterocycles. The Hall–Kier alpha value is -1.53. The Labute approximate surface area is 97.4 Å². The predicted octanol–water partition coefficient (Wildman–Crippen LogP) is 2.68. The molecule has 7 heteroatoms. The number of hydrogen-bond donors (Lipinski definition) is 2. The normalized spacial score (nSPS) is 11.9. The van der Waals surface area contributed by atoms with Gasteiger partial charge in [-0.25, -0.2) is 4.98 Å². The third-order valence-corrected chi connectivity index (χ3v) is 2.44.